The topological polar surface area (TPSA) is 62.2 Å². The van der Waals surface area contributed by atoms with Crippen LogP contribution >= 0.6 is 0 Å². The van der Waals surface area contributed by atoms with Gasteiger partial charge >= 0.3 is 0 Å². The third kappa shape index (κ3) is 3.60. The van der Waals surface area contributed by atoms with Crippen molar-refractivity contribution >= 4 is 11.6 Å². The van der Waals surface area contributed by atoms with E-state index in [0.717, 1.165) is 68.1 Å². The third-order valence-electron chi connectivity index (χ3n) is 6.41. The minimum atomic E-state index is -0.188. The molecule has 0 aromatic heterocycles. The Kier molecular flexibility index (Phi) is 5.25. The van der Waals surface area contributed by atoms with Crippen molar-refractivity contribution in [3.05, 3.63) is 53.6 Å². The summed E-state index contributed by atoms with van der Waals surface area (Å²) < 4.78 is 11.6. The minimum Gasteiger partial charge on any atom is -0.486 e. The maximum absolute atomic E-state index is 13.3. The summed E-state index contributed by atoms with van der Waals surface area (Å²) in [5.74, 6) is 1.62. The number of carbonyl (C=O) groups excluding carboxylic acids is 1. The summed E-state index contributed by atoms with van der Waals surface area (Å²) >= 11 is 0. The fraction of sp³-hybridized carbons (Fsp3) is 0.458. The molecule has 0 saturated carbocycles. The second-order valence-electron chi connectivity index (χ2n) is 8.29. The van der Waals surface area contributed by atoms with Crippen LogP contribution in [0.15, 0.2) is 42.5 Å². The lowest BCUT2D eigenvalue weighted by molar-refractivity contribution is 0.0731. The number of rotatable bonds is 3. The fourth-order valence-electron chi connectivity index (χ4n) is 4.80. The zero-order chi connectivity index (χ0) is 20.5. The lowest BCUT2D eigenvalue weighted by Gasteiger charge is -2.32. The molecule has 2 saturated heterocycles. The number of fused-ring (bicyclic) bond motifs is 1. The van der Waals surface area contributed by atoms with Crippen LogP contribution in [-0.2, 0) is 0 Å². The molecule has 1 N–H and O–H groups in total. The monoisotopic (exact) mass is 408 g/mol. The van der Waals surface area contributed by atoms with Gasteiger partial charge in [0.2, 0.25) is 0 Å². The quantitative estimate of drug-likeness (QED) is 0.844. The minimum absolute atomic E-state index is 0.0115. The summed E-state index contributed by atoms with van der Waals surface area (Å²) in [5.41, 5.74) is 2.87. The number of nitrogens with zero attached hydrogens (tertiary/aromatic N) is 2. The summed E-state index contributed by atoms with van der Waals surface area (Å²) in [6.45, 7) is 3.55. The molecular weight excluding hydrogens is 380 g/mol. The van der Waals surface area contributed by atoms with Gasteiger partial charge in [-0.3, -0.25) is 4.79 Å². The molecule has 3 heterocycles. The Morgan fingerprint density at radius 3 is 2.50 bits per heavy atom. The molecule has 1 amide bonds. The zero-order valence-corrected chi connectivity index (χ0v) is 17.1. The summed E-state index contributed by atoms with van der Waals surface area (Å²) in [6.07, 6.45) is 3.31. The van der Waals surface area contributed by atoms with Crippen LogP contribution in [0.2, 0.25) is 0 Å². The number of aliphatic hydroxyl groups excluding tert-OH is 1. The van der Waals surface area contributed by atoms with Crippen LogP contribution in [0, 0.1) is 0 Å². The van der Waals surface area contributed by atoms with E-state index in [2.05, 4.69) is 11.0 Å². The summed E-state index contributed by atoms with van der Waals surface area (Å²) in [7, 11) is 0. The molecule has 6 nitrogen and oxygen atoms in total. The lowest BCUT2D eigenvalue weighted by Crippen LogP contribution is -2.35. The van der Waals surface area contributed by atoms with Crippen LogP contribution in [0.4, 0.5) is 5.69 Å². The van der Waals surface area contributed by atoms with Crippen LogP contribution in [-0.4, -0.2) is 54.9 Å². The van der Waals surface area contributed by atoms with Gasteiger partial charge in [0.15, 0.2) is 11.5 Å². The first-order valence-corrected chi connectivity index (χ1v) is 10.9. The Hall–Kier alpha value is -2.73. The molecule has 2 aromatic rings. The number of hydrogen-bond donors (Lipinski definition) is 1. The number of para-hydroxylation sites is 1. The van der Waals surface area contributed by atoms with E-state index in [1.54, 1.807) is 0 Å². The number of likely N-dealkylation sites (tertiary alicyclic amines) is 1. The van der Waals surface area contributed by atoms with Gasteiger partial charge in [-0.1, -0.05) is 12.1 Å². The molecule has 3 aliphatic heterocycles. The maximum Gasteiger partial charge on any atom is 0.254 e. The number of carbonyl (C=O) groups is 1. The van der Waals surface area contributed by atoms with Gasteiger partial charge in [0.25, 0.3) is 5.91 Å². The summed E-state index contributed by atoms with van der Waals surface area (Å²) in [5, 5.41) is 9.71. The normalized spacial score (nSPS) is 21.7. The smallest absolute Gasteiger partial charge is 0.254 e. The first kappa shape index (κ1) is 19.2. The van der Waals surface area contributed by atoms with E-state index in [1.165, 1.54) is 0 Å². The van der Waals surface area contributed by atoms with E-state index in [0.29, 0.717) is 18.8 Å². The van der Waals surface area contributed by atoms with E-state index in [9.17, 15) is 9.90 Å². The summed E-state index contributed by atoms with van der Waals surface area (Å²) in [6, 6.07) is 13.9. The molecule has 0 bridgehead atoms. The molecular formula is C24H28N2O4. The van der Waals surface area contributed by atoms with E-state index >= 15 is 0 Å². The van der Waals surface area contributed by atoms with Gasteiger partial charge in [-0.15, -0.1) is 0 Å². The Morgan fingerprint density at radius 2 is 1.70 bits per heavy atom. The average molecular weight is 408 g/mol. The van der Waals surface area contributed by atoms with Gasteiger partial charge in [0.05, 0.1) is 12.1 Å². The van der Waals surface area contributed by atoms with Crippen LogP contribution in [0.3, 0.4) is 0 Å². The molecule has 3 aliphatic rings. The number of hydrogen-bond acceptors (Lipinski definition) is 5. The van der Waals surface area contributed by atoms with E-state index < -0.39 is 0 Å². The molecule has 2 fully saturated rings. The van der Waals surface area contributed by atoms with Crippen molar-refractivity contribution in [2.24, 2.45) is 0 Å². The van der Waals surface area contributed by atoms with Gasteiger partial charge in [0, 0.05) is 36.4 Å². The van der Waals surface area contributed by atoms with Crippen LogP contribution in [0.25, 0.3) is 0 Å². The number of piperidine rings is 1. The molecule has 1 unspecified atom stereocenters. The van der Waals surface area contributed by atoms with Gasteiger partial charge < -0.3 is 24.4 Å². The highest BCUT2D eigenvalue weighted by Gasteiger charge is 2.34. The van der Waals surface area contributed by atoms with Crippen molar-refractivity contribution in [1.82, 2.24) is 4.90 Å². The number of benzene rings is 2. The number of ether oxygens (including phenoxy) is 2. The summed E-state index contributed by atoms with van der Waals surface area (Å²) in [4.78, 5) is 17.6. The van der Waals surface area contributed by atoms with E-state index in [4.69, 9.17) is 9.47 Å². The fourth-order valence-corrected chi connectivity index (χ4v) is 4.80. The second-order valence-corrected chi connectivity index (χ2v) is 8.29. The number of aliphatic hydroxyl groups is 1. The van der Waals surface area contributed by atoms with Gasteiger partial charge in [0.1, 0.15) is 13.2 Å². The van der Waals surface area contributed by atoms with Crippen molar-refractivity contribution in [1.29, 1.82) is 0 Å². The standard InChI is InChI=1S/C24H28N2O4/c27-19-10-13-25(14-11-19)18-8-6-17(7-9-18)24(28)26-12-2-4-21(26)20-3-1-5-22-23(20)30-16-15-29-22/h1,3,5-9,19,21,27H,2,4,10-16H2. The number of anilines is 1. The van der Waals surface area contributed by atoms with Gasteiger partial charge in [-0.2, -0.15) is 0 Å². The Bertz CT molecular complexity index is 906. The molecule has 0 aliphatic carbocycles. The molecule has 158 valence electrons. The van der Waals surface area contributed by atoms with Crippen molar-refractivity contribution in [3.8, 4) is 11.5 Å². The molecule has 0 spiro atoms. The van der Waals surface area contributed by atoms with Crippen LogP contribution in [0.1, 0.15) is 47.6 Å². The maximum atomic E-state index is 13.3. The Labute approximate surface area is 177 Å². The molecule has 2 aromatic carbocycles. The Morgan fingerprint density at radius 1 is 0.933 bits per heavy atom. The van der Waals surface area contributed by atoms with Crippen molar-refractivity contribution in [3.63, 3.8) is 0 Å². The highest BCUT2D eigenvalue weighted by molar-refractivity contribution is 5.95. The Balaban J connectivity index is 1.34. The molecule has 30 heavy (non-hydrogen) atoms. The molecule has 1 atom stereocenters. The predicted octanol–water partition coefficient (Wildman–Crippen LogP) is 3.40. The SMILES string of the molecule is O=C(c1ccc(N2CCC(O)CC2)cc1)N1CCCC1c1cccc2c1OCCO2. The van der Waals surface area contributed by atoms with Crippen LogP contribution in [0.5, 0.6) is 11.5 Å². The van der Waals surface area contributed by atoms with Crippen molar-refractivity contribution in [2.75, 3.05) is 37.7 Å². The lowest BCUT2D eigenvalue weighted by atomic mass is 10.0. The van der Waals surface area contributed by atoms with Crippen LogP contribution < -0.4 is 14.4 Å². The van der Waals surface area contributed by atoms with Gasteiger partial charge in [-0.25, -0.2) is 0 Å². The zero-order valence-electron chi connectivity index (χ0n) is 17.1. The second kappa shape index (κ2) is 8.19. The average Bonchev–Trinajstić information content (AvgIpc) is 3.28. The third-order valence-corrected chi connectivity index (χ3v) is 6.41. The van der Waals surface area contributed by atoms with E-state index in [1.807, 2.05) is 41.3 Å². The predicted molar refractivity (Wildman–Crippen MR) is 114 cm³/mol. The molecule has 0 radical (unpaired) electrons. The van der Waals surface area contributed by atoms with E-state index in [-0.39, 0.29) is 18.1 Å². The largest absolute Gasteiger partial charge is 0.486 e. The van der Waals surface area contributed by atoms with Crippen molar-refractivity contribution < 1.29 is 19.4 Å². The number of amides is 1. The molecule has 6 heteroatoms. The highest BCUT2D eigenvalue weighted by Crippen LogP contribution is 2.43. The highest BCUT2D eigenvalue weighted by atomic mass is 16.6. The van der Waals surface area contributed by atoms with Crippen molar-refractivity contribution in [2.45, 2.75) is 37.8 Å². The molecule has 5 rings (SSSR count). The first-order valence-electron chi connectivity index (χ1n) is 10.9. The van der Waals surface area contributed by atoms with Gasteiger partial charge in [-0.05, 0) is 56.0 Å². The first-order chi connectivity index (χ1) is 14.7.